The monoisotopic (exact) mass is 1430 g/mol. The minimum absolute atomic E-state index is 0.0218. The summed E-state index contributed by atoms with van der Waals surface area (Å²) in [6.07, 6.45) is -2.08. The number of aliphatic imine (C=N–C) groups is 1. The molecule has 26 N–H and O–H groups in total. The van der Waals surface area contributed by atoms with E-state index in [9.17, 15) is 103 Å². The molecule has 0 saturated carbocycles. The summed E-state index contributed by atoms with van der Waals surface area (Å²) in [6.45, 7) is 4.46. The van der Waals surface area contributed by atoms with E-state index < -0.39 is 218 Å². The molecule has 0 spiro atoms. The number of aliphatic hydroxyl groups is 3. The van der Waals surface area contributed by atoms with Gasteiger partial charge in [-0.3, -0.25) is 72.1 Å². The molecular formula is C55H97N17O21S3. The van der Waals surface area contributed by atoms with E-state index >= 15 is 0 Å². The van der Waals surface area contributed by atoms with Crippen molar-refractivity contribution in [2.75, 3.05) is 56.4 Å². The Balaban J connectivity index is 6.29. The lowest BCUT2D eigenvalue weighted by Gasteiger charge is -2.28. The van der Waals surface area contributed by atoms with Crippen molar-refractivity contribution in [2.45, 2.75) is 177 Å². The first-order valence-corrected chi connectivity index (χ1v) is 33.1. The van der Waals surface area contributed by atoms with Gasteiger partial charge in [0.15, 0.2) is 5.96 Å². The minimum atomic E-state index is -2.07. The van der Waals surface area contributed by atoms with E-state index in [2.05, 4.69) is 88.7 Å². The molecule has 0 aliphatic rings. The van der Waals surface area contributed by atoms with Crippen molar-refractivity contribution in [3.05, 3.63) is 0 Å². The van der Waals surface area contributed by atoms with Gasteiger partial charge in [0.05, 0.1) is 38.3 Å². The van der Waals surface area contributed by atoms with Crippen LogP contribution in [0.4, 0.5) is 0 Å². The van der Waals surface area contributed by atoms with Gasteiger partial charge in [0.1, 0.15) is 66.5 Å². The first kappa shape index (κ1) is 88.2. The smallest absolute Gasteiger partial charge is 0.326 e. The third kappa shape index (κ3) is 34.7. The van der Waals surface area contributed by atoms with Crippen molar-refractivity contribution in [3.8, 4) is 0 Å². The number of thioether (sulfide) groups is 1. The SMILES string of the molecule is CSCC[C@H](N)C(=O)N[C@@H](CS)C(=O)N[C@@H](CC(C)C)C(=O)N[C@@H](CO)C(=O)N[C@@H](CS)C(=O)N[C@H](C(=O)N[C@@H](CCCCN)C(=O)N[C@@H](CO)C(=O)NCC(=O)N[C@@H](CC(=O)O)C(=O)N[C@@H](CCC(=O)O)C(=O)N[C@H](C(=O)N[C@@H](CCCN=C(N)N)C(=O)O)[C@@H](C)O)C(C)C. The number of nitrogens with zero attached hydrogens (tertiary/aromatic N) is 1. The van der Waals surface area contributed by atoms with Crippen LogP contribution in [0.3, 0.4) is 0 Å². The number of nitrogens with one attached hydrogen (secondary N) is 12. The summed E-state index contributed by atoms with van der Waals surface area (Å²) < 4.78 is 0. The molecule has 546 valence electrons. The van der Waals surface area contributed by atoms with Crippen LogP contribution in [0.1, 0.15) is 98.8 Å². The number of carbonyl (C=O) groups is 15. The molecule has 0 aromatic carbocycles. The maximum Gasteiger partial charge on any atom is 0.326 e. The number of hydrogen-bond donors (Lipinski definition) is 24. The van der Waals surface area contributed by atoms with Crippen LogP contribution in [-0.4, -0.2) is 260 Å². The zero-order valence-electron chi connectivity index (χ0n) is 54.3. The number of carboxylic acid groups (broad SMARTS) is 3. The average Bonchev–Trinajstić information content (AvgIpc) is 1.31. The Labute approximate surface area is 569 Å². The van der Waals surface area contributed by atoms with Crippen LogP contribution in [-0.2, 0) is 71.9 Å². The Bertz CT molecular complexity index is 2660. The Morgan fingerprint density at radius 1 is 0.490 bits per heavy atom. The van der Waals surface area contributed by atoms with Crippen LogP contribution >= 0.6 is 37.0 Å². The number of thiol groups is 2. The van der Waals surface area contributed by atoms with Gasteiger partial charge in [-0.05, 0) is 88.7 Å². The van der Waals surface area contributed by atoms with E-state index in [-0.39, 0.29) is 62.8 Å². The average molecular weight is 1430 g/mol. The topological polar surface area (TPSA) is 638 Å². The van der Waals surface area contributed by atoms with Gasteiger partial charge in [0.2, 0.25) is 70.9 Å². The molecule has 13 atom stereocenters. The number of guanidine groups is 1. The van der Waals surface area contributed by atoms with Gasteiger partial charge < -0.3 is 117 Å². The van der Waals surface area contributed by atoms with E-state index in [1.54, 1.807) is 13.8 Å². The molecule has 0 bridgehead atoms. The molecule has 0 radical (unpaired) electrons. The van der Waals surface area contributed by atoms with Crippen LogP contribution in [0, 0.1) is 11.8 Å². The number of nitrogens with two attached hydrogens (primary N) is 4. The highest BCUT2D eigenvalue weighted by molar-refractivity contribution is 7.98. The summed E-state index contributed by atoms with van der Waals surface area (Å²) in [6, 6.07) is -19.0. The zero-order valence-corrected chi connectivity index (χ0v) is 56.9. The zero-order chi connectivity index (χ0) is 73.5. The number of amides is 12. The lowest BCUT2D eigenvalue weighted by atomic mass is 10.0. The number of unbranched alkanes of at least 4 members (excludes halogenated alkanes) is 1. The number of hydrogen-bond acceptors (Lipinski definition) is 24. The van der Waals surface area contributed by atoms with Crippen LogP contribution in [0.2, 0.25) is 0 Å². The van der Waals surface area contributed by atoms with Crippen LogP contribution in [0.25, 0.3) is 0 Å². The lowest BCUT2D eigenvalue weighted by Crippen LogP contribution is -2.62. The van der Waals surface area contributed by atoms with Crippen molar-refractivity contribution in [1.29, 1.82) is 0 Å². The van der Waals surface area contributed by atoms with Gasteiger partial charge >= 0.3 is 17.9 Å². The summed E-state index contributed by atoms with van der Waals surface area (Å²) in [5.74, 6) is -18.9. The molecule has 0 unspecified atom stereocenters. The van der Waals surface area contributed by atoms with E-state index in [1.165, 1.54) is 25.6 Å². The second-order valence-electron chi connectivity index (χ2n) is 22.6. The number of aliphatic carboxylic acids is 3. The summed E-state index contributed by atoms with van der Waals surface area (Å²) in [7, 11) is 0. The molecule has 12 amide bonds. The number of rotatable bonds is 49. The molecule has 0 aromatic heterocycles. The van der Waals surface area contributed by atoms with Gasteiger partial charge in [-0.25, -0.2) is 4.79 Å². The lowest BCUT2D eigenvalue weighted by molar-refractivity contribution is -0.143. The molecule has 0 heterocycles. The Morgan fingerprint density at radius 2 is 0.927 bits per heavy atom. The fourth-order valence-electron chi connectivity index (χ4n) is 8.45. The van der Waals surface area contributed by atoms with E-state index in [0.29, 0.717) is 18.6 Å². The highest BCUT2D eigenvalue weighted by Crippen LogP contribution is 2.11. The number of carboxylic acids is 3. The van der Waals surface area contributed by atoms with E-state index in [0.717, 1.165) is 6.92 Å². The molecule has 96 heavy (non-hydrogen) atoms. The Morgan fingerprint density at radius 3 is 1.43 bits per heavy atom. The molecular weight excluding hydrogens is 1330 g/mol. The first-order chi connectivity index (χ1) is 45.0. The summed E-state index contributed by atoms with van der Waals surface area (Å²) in [5.41, 5.74) is 22.1. The quantitative estimate of drug-likeness (QED) is 0.0116. The molecule has 0 aliphatic carbocycles. The van der Waals surface area contributed by atoms with Gasteiger partial charge in [-0.1, -0.05) is 27.7 Å². The first-order valence-electron chi connectivity index (χ1n) is 30.4. The molecule has 0 aromatic rings. The molecule has 0 fully saturated rings. The summed E-state index contributed by atoms with van der Waals surface area (Å²) >= 11 is 9.81. The number of aliphatic hydroxyl groups excluding tert-OH is 3. The van der Waals surface area contributed by atoms with Crippen LogP contribution in [0.5, 0.6) is 0 Å². The van der Waals surface area contributed by atoms with Crippen molar-refractivity contribution in [2.24, 2.45) is 39.8 Å². The largest absolute Gasteiger partial charge is 0.481 e. The van der Waals surface area contributed by atoms with Crippen molar-refractivity contribution < 1.29 is 103 Å². The molecule has 41 heteroatoms. The minimum Gasteiger partial charge on any atom is -0.481 e. The molecule has 0 rings (SSSR count). The summed E-state index contributed by atoms with van der Waals surface area (Å²) in [4.78, 5) is 201. The highest BCUT2D eigenvalue weighted by atomic mass is 32.2. The van der Waals surface area contributed by atoms with Crippen LogP contribution in [0.15, 0.2) is 4.99 Å². The van der Waals surface area contributed by atoms with Gasteiger partial charge in [-0.2, -0.15) is 37.0 Å². The van der Waals surface area contributed by atoms with Gasteiger partial charge in [0, 0.05) is 24.5 Å². The van der Waals surface area contributed by atoms with Crippen molar-refractivity contribution in [3.63, 3.8) is 0 Å². The molecule has 0 aliphatic heterocycles. The molecule has 38 nitrogen and oxygen atoms in total. The third-order valence-corrected chi connectivity index (χ3v) is 15.1. The van der Waals surface area contributed by atoms with Gasteiger partial charge in [-0.15, -0.1) is 0 Å². The molecule has 0 saturated heterocycles. The maximum absolute atomic E-state index is 14.0. The van der Waals surface area contributed by atoms with Crippen LogP contribution < -0.4 is 86.7 Å². The highest BCUT2D eigenvalue weighted by Gasteiger charge is 2.38. The summed E-state index contributed by atoms with van der Waals surface area (Å²) in [5, 5.41) is 86.9. The predicted octanol–water partition coefficient (Wildman–Crippen LogP) is -8.95. The predicted molar refractivity (Wildman–Crippen MR) is 353 cm³/mol. The van der Waals surface area contributed by atoms with E-state index in [1.807, 2.05) is 11.6 Å². The van der Waals surface area contributed by atoms with E-state index in [4.69, 9.17) is 22.9 Å². The fourth-order valence-corrected chi connectivity index (χ4v) is 9.45. The second-order valence-corrected chi connectivity index (χ2v) is 24.3. The Hall–Kier alpha value is -7.83. The third-order valence-electron chi connectivity index (χ3n) is 13.8. The normalized spacial score (nSPS) is 15.2. The fraction of sp³-hybridized carbons (Fsp3) is 0.709. The number of carbonyl (C=O) groups excluding carboxylic acids is 12. The Kier molecular flexibility index (Phi) is 43.3. The van der Waals surface area contributed by atoms with Gasteiger partial charge in [0.25, 0.3) is 0 Å². The van der Waals surface area contributed by atoms with Crippen molar-refractivity contribution >= 4 is 132 Å². The maximum atomic E-state index is 14.0. The van der Waals surface area contributed by atoms with Crippen molar-refractivity contribution in [1.82, 2.24) is 63.8 Å². The standard InChI is InChI=1S/C55H97N17O21S3/c1-25(2)18-32(66-50(88)36(23-94)69-43(81)28(57)14-17-96-6)47(85)68-35(22-74)49(87)70-37(24-95)51(89)71-41(26(3)4)52(90)64-29(10-7-8-15-56)45(83)67-34(21-73)44(82)61-20-38(76)62-33(19-40(79)80)48(86)63-30(12-13-39(77)78)46(84)72-42(27(5)75)53(91)65-31(54(92)93)11-9-16-60-55(58)59/h25-37,41-42,73-75,94-95H,7-24,56-57H2,1-6H3,(H,61,82)(H,62,76)(H,63,86)(H,64,90)(H,65,91)(H,66,88)(H,67,83)(H,68,85)(H,69,81)(H,70,87)(H,71,89)(H,72,84)(H,77,78)(H,79,80)(H,92,93)(H4,58,59,60)/t27-,28+,29+,30+,31+,32+,33+,34+,35+,36+,37+,41+,42+/m1/s1. The second kappa shape index (κ2) is 47.1.